The molecule has 0 bridgehead atoms. The van der Waals surface area contributed by atoms with Gasteiger partial charge in [0, 0.05) is 29.5 Å². The molecule has 0 amide bonds. The van der Waals surface area contributed by atoms with Gasteiger partial charge in [0.2, 0.25) is 0 Å². The monoisotopic (exact) mass is 323 g/mol. The zero-order chi connectivity index (χ0) is 15.4. The maximum atomic E-state index is 6.20. The van der Waals surface area contributed by atoms with Gasteiger partial charge in [-0.1, -0.05) is 23.7 Å². The van der Waals surface area contributed by atoms with Crippen molar-refractivity contribution in [2.75, 3.05) is 11.4 Å². The Morgan fingerprint density at radius 2 is 2.13 bits per heavy atom. The van der Waals surface area contributed by atoms with Crippen molar-refractivity contribution < 1.29 is 4.74 Å². The van der Waals surface area contributed by atoms with Crippen molar-refractivity contribution in [3.05, 3.63) is 65.7 Å². The third kappa shape index (κ3) is 1.88. The van der Waals surface area contributed by atoms with Gasteiger partial charge in [-0.25, -0.2) is 4.98 Å². The molecule has 1 atom stereocenters. The fraction of sp³-hybridized carbons (Fsp3) is 0.167. The second-order valence-corrected chi connectivity index (χ2v) is 6.31. The smallest absolute Gasteiger partial charge is 0.151 e. The molecule has 23 heavy (non-hydrogen) atoms. The summed E-state index contributed by atoms with van der Waals surface area (Å²) in [5.41, 5.74) is 3.45. The molecule has 0 saturated carbocycles. The number of para-hydroxylation sites is 1. The number of aromatic nitrogens is 2. The third-order valence-electron chi connectivity index (χ3n) is 4.60. The Bertz CT molecular complexity index is 891. The Morgan fingerprint density at radius 3 is 3.00 bits per heavy atom. The lowest BCUT2D eigenvalue weighted by Crippen LogP contribution is -2.31. The van der Waals surface area contributed by atoms with Crippen LogP contribution in [0.3, 0.4) is 0 Å². The van der Waals surface area contributed by atoms with Crippen LogP contribution in [0.25, 0.3) is 0 Å². The molecule has 2 aliphatic heterocycles. The van der Waals surface area contributed by atoms with Gasteiger partial charge in [0.1, 0.15) is 0 Å². The van der Waals surface area contributed by atoms with E-state index in [0.29, 0.717) is 0 Å². The van der Waals surface area contributed by atoms with Crippen LogP contribution < -0.4 is 9.64 Å². The first-order valence-corrected chi connectivity index (χ1v) is 8.04. The number of ether oxygens (including phenoxy) is 1. The normalized spacial score (nSPS) is 18.1. The SMILES string of the molecule is Clc1ccc2c(c1)N1CCC(n3ccnc3)c3cccc(c31)O2. The molecule has 0 N–H and O–H groups in total. The molecule has 114 valence electrons. The number of anilines is 2. The Balaban J connectivity index is 1.70. The topological polar surface area (TPSA) is 30.3 Å². The van der Waals surface area contributed by atoms with Crippen molar-refractivity contribution >= 4 is 23.0 Å². The molecule has 0 saturated heterocycles. The summed E-state index contributed by atoms with van der Waals surface area (Å²) >= 11 is 6.20. The first kappa shape index (κ1) is 13.0. The van der Waals surface area contributed by atoms with Gasteiger partial charge in [0.25, 0.3) is 0 Å². The van der Waals surface area contributed by atoms with Crippen molar-refractivity contribution in [3.8, 4) is 11.5 Å². The van der Waals surface area contributed by atoms with Crippen molar-refractivity contribution in [2.45, 2.75) is 12.5 Å². The van der Waals surface area contributed by atoms with Crippen molar-refractivity contribution in [1.82, 2.24) is 9.55 Å². The van der Waals surface area contributed by atoms with Gasteiger partial charge in [0.05, 0.1) is 23.7 Å². The van der Waals surface area contributed by atoms with E-state index in [0.717, 1.165) is 40.9 Å². The largest absolute Gasteiger partial charge is 0.453 e. The van der Waals surface area contributed by atoms with E-state index in [2.05, 4.69) is 26.6 Å². The number of rotatable bonds is 1. The van der Waals surface area contributed by atoms with Crippen LogP contribution in [0.2, 0.25) is 5.02 Å². The average molecular weight is 324 g/mol. The van der Waals surface area contributed by atoms with Gasteiger partial charge in [-0.15, -0.1) is 0 Å². The predicted octanol–water partition coefficient (Wildman–Crippen LogP) is 4.77. The van der Waals surface area contributed by atoms with Crippen LogP contribution in [0.4, 0.5) is 11.4 Å². The van der Waals surface area contributed by atoms with E-state index in [4.69, 9.17) is 16.3 Å². The summed E-state index contributed by atoms with van der Waals surface area (Å²) < 4.78 is 8.29. The molecule has 2 aliphatic rings. The maximum absolute atomic E-state index is 6.20. The van der Waals surface area contributed by atoms with Crippen molar-refractivity contribution in [2.24, 2.45) is 0 Å². The third-order valence-corrected chi connectivity index (χ3v) is 4.84. The van der Waals surface area contributed by atoms with Crippen LogP contribution >= 0.6 is 11.6 Å². The van der Waals surface area contributed by atoms with E-state index in [-0.39, 0.29) is 6.04 Å². The lowest BCUT2D eigenvalue weighted by molar-refractivity contribution is 0.453. The van der Waals surface area contributed by atoms with Gasteiger partial charge in [-0.2, -0.15) is 0 Å². The highest BCUT2D eigenvalue weighted by Crippen LogP contribution is 2.53. The molecule has 4 nitrogen and oxygen atoms in total. The van der Waals surface area contributed by atoms with Crippen molar-refractivity contribution in [3.63, 3.8) is 0 Å². The molecule has 3 heterocycles. The molecule has 1 aromatic heterocycles. The number of hydrogen-bond donors (Lipinski definition) is 0. The summed E-state index contributed by atoms with van der Waals surface area (Å²) in [6.45, 7) is 0.920. The van der Waals surface area contributed by atoms with Crippen LogP contribution in [-0.4, -0.2) is 16.1 Å². The second kappa shape index (κ2) is 4.77. The van der Waals surface area contributed by atoms with E-state index in [1.54, 1.807) is 0 Å². The maximum Gasteiger partial charge on any atom is 0.151 e. The summed E-state index contributed by atoms with van der Waals surface area (Å²) in [5, 5.41) is 0.727. The lowest BCUT2D eigenvalue weighted by atomic mass is 9.94. The lowest BCUT2D eigenvalue weighted by Gasteiger charge is -2.40. The molecule has 0 fully saturated rings. The highest BCUT2D eigenvalue weighted by atomic mass is 35.5. The predicted molar refractivity (Wildman–Crippen MR) is 90.0 cm³/mol. The first-order chi connectivity index (χ1) is 11.3. The number of hydrogen-bond acceptors (Lipinski definition) is 3. The zero-order valence-corrected chi connectivity index (χ0v) is 13.1. The number of nitrogens with zero attached hydrogens (tertiary/aromatic N) is 3. The molecule has 3 aromatic rings. The molecular weight excluding hydrogens is 310 g/mol. The minimum atomic E-state index is 0.285. The van der Waals surface area contributed by atoms with E-state index < -0.39 is 0 Å². The molecule has 5 rings (SSSR count). The Labute approximate surface area is 138 Å². The molecule has 1 unspecified atom stereocenters. The minimum Gasteiger partial charge on any atom is -0.453 e. The fourth-order valence-electron chi connectivity index (χ4n) is 3.61. The van der Waals surface area contributed by atoms with Gasteiger partial charge < -0.3 is 14.2 Å². The van der Waals surface area contributed by atoms with Gasteiger partial charge >= 0.3 is 0 Å². The van der Waals surface area contributed by atoms with Gasteiger partial charge in [-0.05, 0) is 30.7 Å². The minimum absolute atomic E-state index is 0.285. The molecule has 5 heteroatoms. The summed E-state index contributed by atoms with van der Waals surface area (Å²) in [7, 11) is 0. The van der Waals surface area contributed by atoms with Crippen LogP contribution in [0.1, 0.15) is 18.0 Å². The Kier molecular flexibility index (Phi) is 2.70. The standard InChI is InChI=1S/C18H14ClN3O/c19-12-4-5-16-15(10-12)22-8-6-14(21-9-7-20-11-21)13-2-1-3-17(23-16)18(13)22/h1-5,7,9-11,14H,6,8H2. The summed E-state index contributed by atoms with van der Waals surface area (Å²) in [5.74, 6) is 1.77. The molecule has 0 spiro atoms. The van der Waals surface area contributed by atoms with Gasteiger partial charge in [0.15, 0.2) is 11.5 Å². The summed E-state index contributed by atoms with van der Waals surface area (Å²) in [4.78, 5) is 6.52. The fourth-order valence-corrected chi connectivity index (χ4v) is 3.78. The van der Waals surface area contributed by atoms with Crippen LogP contribution in [-0.2, 0) is 0 Å². The first-order valence-electron chi connectivity index (χ1n) is 7.66. The number of imidazole rings is 1. The quantitative estimate of drug-likeness (QED) is 0.646. The number of halogens is 1. The highest BCUT2D eigenvalue weighted by Gasteiger charge is 2.34. The molecular formula is C18H14ClN3O. The summed E-state index contributed by atoms with van der Waals surface area (Å²) in [6.07, 6.45) is 6.74. The van der Waals surface area contributed by atoms with Crippen LogP contribution in [0.15, 0.2) is 55.1 Å². The Morgan fingerprint density at radius 1 is 1.17 bits per heavy atom. The van der Waals surface area contributed by atoms with E-state index in [9.17, 15) is 0 Å². The number of fused-ring (bicyclic) bond motifs is 2. The molecule has 0 aliphatic carbocycles. The van der Waals surface area contributed by atoms with E-state index in [1.165, 1.54) is 5.56 Å². The van der Waals surface area contributed by atoms with Crippen molar-refractivity contribution in [1.29, 1.82) is 0 Å². The van der Waals surface area contributed by atoms with E-state index in [1.807, 2.05) is 43.0 Å². The summed E-state index contributed by atoms with van der Waals surface area (Å²) in [6, 6.07) is 12.3. The number of benzene rings is 2. The van der Waals surface area contributed by atoms with Crippen LogP contribution in [0.5, 0.6) is 11.5 Å². The van der Waals surface area contributed by atoms with E-state index >= 15 is 0 Å². The molecule has 0 radical (unpaired) electrons. The van der Waals surface area contributed by atoms with Gasteiger partial charge in [-0.3, -0.25) is 0 Å². The van der Waals surface area contributed by atoms with Crippen LogP contribution in [0, 0.1) is 0 Å². The average Bonchev–Trinajstić information content (AvgIpc) is 3.10. The highest BCUT2D eigenvalue weighted by molar-refractivity contribution is 6.31. The second-order valence-electron chi connectivity index (χ2n) is 5.87. The Hall–Kier alpha value is -2.46. The molecule has 2 aromatic carbocycles. The zero-order valence-electron chi connectivity index (χ0n) is 12.3.